The summed E-state index contributed by atoms with van der Waals surface area (Å²) in [5.74, 6) is 0. The van der Waals surface area contributed by atoms with Crippen LogP contribution in [-0.2, 0) is 5.41 Å². The van der Waals surface area contributed by atoms with E-state index in [9.17, 15) is 0 Å². The van der Waals surface area contributed by atoms with E-state index >= 15 is 0 Å². The van der Waals surface area contributed by atoms with Gasteiger partial charge >= 0.3 is 0 Å². The molecule has 0 saturated carbocycles. The van der Waals surface area contributed by atoms with Crippen LogP contribution in [-0.4, -0.2) is 0 Å². The molecule has 0 amide bonds. The molecule has 0 fully saturated rings. The maximum absolute atomic E-state index is 2.39. The Labute approximate surface area is 227 Å². The lowest BCUT2D eigenvalue weighted by molar-refractivity contribution is 0.774. The van der Waals surface area contributed by atoms with Gasteiger partial charge in [-0.15, -0.1) is 0 Å². The average molecular weight is 493 g/mol. The van der Waals surface area contributed by atoms with Gasteiger partial charge in [-0.05, 0) is 77.2 Å². The van der Waals surface area contributed by atoms with Crippen molar-refractivity contribution in [3.8, 4) is 33.4 Å². The highest BCUT2D eigenvalue weighted by Crippen LogP contribution is 2.63. The van der Waals surface area contributed by atoms with Crippen molar-refractivity contribution in [2.75, 3.05) is 0 Å². The predicted molar refractivity (Wildman–Crippen MR) is 163 cm³/mol. The van der Waals surface area contributed by atoms with E-state index < -0.39 is 0 Å². The SMILES string of the molecule is c1ccc(-c2c3ccccc3c3c4c(cccc24)C2(c4ccccc4-c4ccccc42)c2ccccc2-3)cc1. The number of rotatable bonds is 1. The molecule has 0 heterocycles. The Balaban J connectivity index is 1.58. The van der Waals surface area contributed by atoms with Crippen LogP contribution in [0, 0.1) is 0 Å². The highest BCUT2D eigenvalue weighted by Gasteiger charge is 2.50. The fraction of sp³-hybridized carbons (Fsp3) is 0.0256. The van der Waals surface area contributed by atoms with Gasteiger partial charge in [0.2, 0.25) is 0 Å². The van der Waals surface area contributed by atoms with Crippen molar-refractivity contribution in [3.05, 3.63) is 168 Å². The molecule has 0 aliphatic heterocycles. The first-order valence-electron chi connectivity index (χ1n) is 13.7. The second kappa shape index (κ2) is 7.56. The Kier molecular flexibility index (Phi) is 4.08. The third kappa shape index (κ3) is 2.50. The highest BCUT2D eigenvalue weighted by atomic mass is 14.5. The molecule has 9 rings (SSSR count). The summed E-state index contributed by atoms with van der Waals surface area (Å²) in [5.41, 5.74) is 13.1. The molecular weight excluding hydrogens is 468 g/mol. The zero-order valence-electron chi connectivity index (χ0n) is 21.4. The van der Waals surface area contributed by atoms with Crippen LogP contribution in [0.15, 0.2) is 146 Å². The van der Waals surface area contributed by atoms with E-state index in [1.807, 2.05) is 0 Å². The van der Waals surface area contributed by atoms with Crippen LogP contribution in [0.1, 0.15) is 22.3 Å². The molecule has 0 atom stereocenters. The summed E-state index contributed by atoms with van der Waals surface area (Å²) in [7, 11) is 0. The van der Waals surface area contributed by atoms with Gasteiger partial charge in [0.15, 0.2) is 0 Å². The zero-order valence-corrected chi connectivity index (χ0v) is 21.4. The second-order valence-corrected chi connectivity index (χ2v) is 10.8. The van der Waals surface area contributed by atoms with E-state index in [1.165, 1.54) is 77.2 Å². The van der Waals surface area contributed by atoms with E-state index in [-0.39, 0.29) is 5.41 Å². The summed E-state index contributed by atoms with van der Waals surface area (Å²) in [5, 5.41) is 5.32. The molecular formula is C39H24. The fourth-order valence-electron chi connectivity index (χ4n) is 7.73. The van der Waals surface area contributed by atoms with Gasteiger partial charge in [0.1, 0.15) is 0 Å². The Hall–Kier alpha value is -4.94. The Bertz CT molecular complexity index is 2070. The first-order valence-corrected chi connectivity index (χ1v) is 13.7. The Morgan fingerprint density at radius 2 is 0.769 bits per heavy atom. The summed E-state index contributed by atoms with van der Waals surface area (Å²) in [6.45, 7) is 0. The van der Waals surface area contributed by atoms with Gasteiger partial charge in [0.05, 0.1) is 5.41 Å². The number of fused-ring (bicyclic) bond motifs is 11. The van der Waals surface area contributed by atoms with Gasteiger partial charge < -0.3 is 0 Å². The number of hydrogen-bond acceptors (Lipinski definition) is 0. The van der Waals surface area contributed by atoms with E-state index in [4.69, 9.17) is 0 Å². The quantitative estimate of drug-likeness (QED) is 0.200. The van der Waals surface area contributed by atoms with Crippen LogP contribution < -0.4 is 0 Å². The molecule has 39 heavy (non-hydrogen) atoms. The topological polar surface area (TPSA) is 0 Å². The molecule has 2 aliphatic rings. The minimum absolute atomic E-state index is 0.368. The average Bonchev–Trinajstić information content (AvgIpc) is 3.30. The molecule has 0 nitrogen and oxygen atoms in total. The lowest BCUT2D eigenvalue weighted by Gasteiger charge is -2.40. The molecule has 0 saturated heterocycles. The smallest absolute Gasteiger partial charge is 0.0622 e. The molecule has 2 aliphatic carbocycles. The lowest BCUT2D eigenvalue weighted by Crippen LogP contribution is -2.31. The summed E-state index contributed by atoms with van der Waals surface area (Å²) in [6, 6.07) is 54.2. The molecule has 180 valence electrons. The molecule has 0 bridgehead atoms. The van der Waals surface area contributed by atoms with Crippen molar-refractivity contribution in [2.24, 2.45) is 0 Å². The second-order valence-electron chi connectivity index (χ2n) is 10.8. The van der Waals surface area contributed by atoms with Crippen molar-refractivity contribution in [1.29, 1.82) is 0 Å². The van der Waals surface area contributed by atoms with Crippen molar-refractivity contribution in [2.45, 2.75) is 5.41 Å². The van der Waals surface area contributed by atoms with E-state index in [1.54, 1.807) is 0 Å². The maximum Gasteiger partial charge on any atom is 0.0725 e. The molecule has 0 aromatic heterocycles. The van der Waals surface area contributed by atoms with Gasteiger partial charge in [-0.25, -0.2) is 0 Å². The fourth-order valence-corrected chi connectivity index (χ4v) is 7.73. The van der Waals surface area contributed by atoms with Crippen molar-refractivity contribution < 1.29 is 0 Å². The maximum atomic E-state index is 2.39. The summed E-state index contributed by atoms with van der Waals surface area (Å²) < 4.78 is 0. The summed E-state index contributed by atoms with van der Waals surface area (Å²) >= 11 is 0. The van der Waals surface area contributed by atoms with Crippen LogP contribution in [0.25, 0.3) is 54.9 Å². The molecule has 1 spiro atoms. The van der Waals surface area contributed by atoms with Gasteiger partial charge in [-0.3, -0.25) is 0 Å². The van der Waals surface area contributed by atoms with E-state index in [2.05, 4.69) is 146 Å². The van der Waals surface area contributed by atoms with Crippen molar-refractivity contribution in [3.63, 3.8) is 0 Å². The third-order valence-electron chi connectivity index (χ3n) is 9.07. The standard InChI is InChI=1S/C39H24/c1-2-13-25(14-3-1)36-28-17-4-5-18-29(28)37-30-19-8-11-23-34(30)39(35-24-12-20-31(36)38(35)37)32-21-9-6-15-26(32)27-16-7-10-22-33(27)39/h1-24H. The molecule has 7 aromatic rings. The van der Waals surface area contributed by atoms with Crippen LogP contribution >= 0.6 is 0 Å². The molecule has 0 unspecified atom stereocenters. The van der Waals surface area contributed by atoms with Crippen LogP contribution in [0.2, 0.25) is 0 Å². The first kappa shape index (κ1) is 21.0. The molecule has 7 aromatic carbocycles. The largest absolute Gasteiger partial charge is 0.0725 e. The first-order chi connectivity index (χ1) is 19.4. The highest BCUT2D eigenvalue weighted by molar-refractivity contribution is 6.24. The number of hydrogen-bond donors (Lipinski definition) is 0. The van der Waals surface area contributed by atoms with Crippen molar-refractivity contribution in [1.82, 2.24) is 0 Å². The van der Waals surface area contributed by atoms with Gasteiger partial charge in [0.25, 0.3) is 0 Å². The summed E-state index contributed by atoms with van der Waals surface area (Å²) in [4.78, 5) is 0. The van der Waals surface area contributed by atoms with Crippen LogP contribution in [0.5, 0.6) is 0 Å². The van der Waals surface area contributed by atoms with E-state index in [0.29, 0.717) is 0 Å². The Morgan fingerprint density at radius 3 is 1.44 bits per heavy atom. The minimum atomic E-state index is -0.368. The molecule has 0 heteroatoms. The van der Waals surface area contributed by atoms with Crippen molar-refractivity contribution >= 4 is 21.5 Å². The van der Waals surface area contributed by atoms with Crippen LogP contribution in [0.4, 0.5) is 0 Å². The number of benzene rings is 7. The van der Waals surface area contributed by atoms with Gasteiger partial charge in [-0.2, -0.15) is 0 Å². The zero-order chi connectivity index (χ0) is 25.6. The normalized spacial score (nSPS) is 13.8. The van der Waals surface area contributed by atoms with Crippen LogP contribution in [0.3, 0.4) is 0 Å². The summed E-state index contributed by atoms with van der Waals surface area (Å²) in [6.07, 6.45) is 0. The lowest BCUT2D eigenvalue weighted by atomic mass is 9.60. The van der Waals surface area contributed by atoms with Gasteiger partial charge in [-0.1, -0.05) is 146 Å². The minimum Gasteiger partial charge on any atom is -0.0622 e. The monoisotopic (exact) mass is 492 g/mol. The van der Waals surface area contributed by atoms with Gasteiger partial charge in [0, 0.05) is 0 Å². The third-order valence-corrected chi connectivity index (χ3v) is 9.07. The Morgan fingerprint density at radius 1 is 0.308 bits per heavy atom. The van der Waals surface area contributed by atoms with E-state index in [0.717, 1.165) is 0 Å². The molecule has 0 radical (unpaired) electrons. The predicted octanol–water partition coefficient (Wildman–Crippen LogP) is 10.0. The molecule has 0 N–H and O–H groups in total.